The summed E-state index contributed by atoms with van der Waals surface area (Å²) in [7, 11) is 0. The zero-order valence-electron chi connectivity index (χ0n) is 17.3. The molecule has 4 aliphatic rings. The Morgan fingerprint density at radius 2 is 1.70 bits per heavy atom. The fourth-order valence-corrected chi connectivity index (χ4v) is 6.63. The number of amides is 2. The molecule has 4 aliphatic carbocycles. The molecule has 2 aromatic rings. The maximum atomic E-state index is 13.3. The number of benzene rings is 1. The van der Waals surface area contributed by atoms with Crippen molar-refractivity contribution in [3.05, 3.63) is 36.0 Å². The zero-order valence-corrected chi connectivity index (χ0v) is 17.3. The first kappa shape index (κ1) is 19.6. The summed E-state index contributed by atoms with van der Waals surface area (Å²) in [6.45, 7) is 0.741. The van der Waals surface area contributed by atoms with Crippen molar-refractivity contribution in [2.24, 2.45) is 23.7 Å². The van der Waals surface area contributed by atoms with E-state index in [4.69, 9.17) is 5.21 Å². The van der Waals surface area contributed by atoms with Gasteiger partial charge >= 0.3 is 0 Å². The van der Waals surface area contributed by atoms with Gasteiger partial charge in [0.1, 0.15) is 0 Å². The van der Waals surface area contributed by atoms with Crippen LogP contribution in [0.4, 0.5) is 0 Å². The molecule has 30 heavy (non-hydrogen) atoms. The van der Waals surface area contributed by atoms with Crippen molar-refractivity contribution in [2.45, 2.75) is 64.0 Å². The highest BCUT2D eigenvalue weighted by Gasteiger charge is 2.48. The third kappa shape index (κ3) is 3.62. The summed E-state index contributed by atoms with van der Waals surface area (Å²) in [6, 6.07) is 8.39. The highest BCUT2D eigenvalue weighted by atomic mass is 16.5. The number of hydrogen-bond donors (Lipinski definition) is 3. The Kier molecular flexibility index (Phi) is 5.27. The van der Waals surface area contributed by atoms with Gasteiger partial charge in [-0.15, -0.1) is 0 Å². The van der Waals surface area contributed by atoms with Crippen LogP contribution in [0, 0.1) is 23.7 Å². The molecule has 0 atom stereocenters. The molecule has 4 saturated carbocycles. The first-order valence-electron chi connectivity index (χ1n) is 11.4. The van der Waals surface area contributed by atoms with Crippen LogP contribution < -0.4 is 10.8 Å². The van der Waals surface area contributed by atoms with Gasteiger partial charge in [-0.05, 0) is 74.7 Å². The van der Waals surface area contributed by atoms with Gasteiger partial charge in [-0.2, -0.15) is 0 Å². The van der Waals surface area contributed by atoms with E-state index in [-0.39, 0.29) is 11.8 Å². The number of unbranched alkanes of at least 4 members (excludes halogenated alkanes) is 1. The lowest BCUT2D eigenvalue weighted by atomic mass is 9.54. The van der Waals surface area contributed by atoms with E-state index in [1.165, 1.54) is 32.1 Å². The maximum absolute atomic E-state index is 13.3. The standard InChI is InChI=1S/C24H31N3O3/c28-22(26-30)7-3-4-8-27-14-20(19-5-1-2-6-21(19)27)24(29)25-23-17-10-15-9-16(12-17)13-18(23)11-15/h1-2,5-6,14-18,23,30H,3-4,7-13H2,(H,25,29)(H,26,28). The fourth-order valence-electron chi connectivity index (χ4n) is 6.63. The van der Waals surface area contributed by atoms with E-state index in [1.807, 2.05) is 24.4 Å². The van der Waals surface area contributed by atoms with Crippen LogP contribution in [0.3, 0.4) is 0 Å². The van der Waals surface area contributed by atoms with Gasteiger partial charge < -0.3 is 9.88 Å². The summed E-state index contributed by atoms with van der Waals surface area (Å²) in [6.07, 6.45) is 10.4. The number of carbonyl (C=O) groups excluding carboxylic acids is 2. The lowest BCUT2D eigenvalue weighted by Gasteiger charge is -2.54. The molecule has 0 saturated heterocycles. The molecule has 0 unspecified atom stereocenters. The first-order valence-corrected chi connectivity index (χ1v) is 11.4. The number of aryl methyl sites for hydroxylation is 1. The van der Waals surface area contributed by atoms with Gasteiger partial charge in [0.15, 0.2) is 0 Å². The van der Waals surface area contributed by atoms with Crippen LogP contribution in [-0.4, -0.2) is 27.6 Å². The summed E-state index contributed by atoms with van der Waals surface area (Å²) in [5, 5.41) is 13.1. The van der Waals surface area contributed by atoms with Crippen molar-refractivity contribution in [2.75, 3.05) is 0 Å². The lowest BCUT2D eigenvalue weighted by molar-refractivity contribution is -0.129. The molecule has 0 aliphatic heterocycles. The monoisotopic (exact) mass is 409 g/mol. The molecule has 0 spiro atoms. The number of carbonyl (C=O) groups is 2. The number of nitrogens with one attached hydrogen (secondary N) is 2. The number of hydrogen-bond acceptors (Lipinski definition) is 3. The molecule has 1 heterocycles. The number of para-hydroxylation sites is 1. The Morgan fingerprint density at radius 1 is 1.00 bits per heavy atom. The second kappa shape index (κ2) is 8.06. The molecule has 160 valence electrons. The molecule has 6 heteroatoms. The SMILES string of the molecule is O=C(CCCCn1cc(C(=O)NC2C3CC4CC(C3)CC2C4)c2ccccc21)NO. The van der Waals surface area contributed by atoms with Crippen molar-refractivity contribution in [3.8, 4) is 0 Å². The van der Waals surface area contributed by atoms with Crippen LogP contribution in [0.2, 0.25) is 0 Å². The minimum Gasteiger partial charge on any atom is -0.349 e. The van der Waals surface area contributed by atoms with Gasteiger partial charge in [0.25, 0.3) is 5.91 Å². The number of aromatic nitrogens is 1. The topological polar surface area (TPSA) is 83.4 Å². The molecule has 3 N–H and O–H groups in total. The van der Waals surface area contributed by atoms with Gasteiger partial charge in [-0.1, -0.05) is 18.2 Å². The molecule has 2 amide bonds. The van der Waals surface area contributed by atoms with Gasteiger partial charge in [0.2, 0.25) is 5.91 Å². The van der Waals surface area contributed by atoms with Gasteiger partial charge in [-0.25, -0.2) is 5.48 Å². The summed E-state index contributed by atoms with van der Waals surface area (Å²) in [4.78, 5) is 24.5. The molecular weight excluding hydrogens is 378 g/mol. The van der Waals surface area contributed by atoms with Crippen LogP contribution >= 0.6 is 0 Å². The van der Waals surface area contributed by atoms with Gasteiger partial charge in [-0.3, -0.25) is 14.8 Å². The zero-order chi connectivity index (χ0) is 20.7. The molecule has 4 bridgehead atoms. The van der Waals surface area contributed by atoms with Crippen LogP contribution in [0.1, 0.15) is 61.7 Å². The molecule has 6 nitrogen and oxygen atoms in total. The third-order valence-corrected chi connectivity index (χ3v) is 7.74. The van der Waals surface area contributed by atoms with Crippen LogP contribution in [-0.2, 0) is 11.3 Å². The van der Waals surface area contributed by atoms with E-state index in [9.17, 15) is 9.59 Å². The second-order valence-corrected chi connectivity index (χ2v) is 9.68. The molecule has 0 radical (unpaired) electrons. The van der Waals surface area contributed by atoms with E-state index in [2.05, 4.69) is 16.0 Å². The van der Waals surface area contributed by atoms with Gasteiger partial charge in [0, 0.05) is 36.1 Å². The Hall–Kier alpha value is -2.34. The molecular formula is C24H31N3O3. The number of hydroxylamine groups is 1. The highest BCUT2D eigenvalue weighted by molar-refractivity contribution is 6.07. The first-order chi connectivity index (χ1) is 14.6. The smallest absolute Gasteiger partial charge is 0.253 e. The number of rotatable bonds is 7. The van der Waals surface area contributed by atoms with Crippen LogP contribution in [0.5, 0.6) is 0 Å². The lowest BCUT2D eigenvalue weighted by Crippen LogP contribution is -2.55. The van der Waals surface area contributed by atoms with Crippen LogP contribution in [0.25, 0.3) is 10.9 Å². The predicted octanol–water partition coefficient (Wildman–Crippen LogP) is 3.87. The number of nitrogens with zero attached hydrogens (tertiary/aromatic N) is 1. The second-order valence-electron chi connectivity index (χ2n) is 9.68. The summed E-state index contributed by atoms with van der Waals surface area (Å²) in [5.41, 5.74) is 3.49. The quantitative estimate of drug-likeness (QED) is 0.369. The molecule has 1 aromatic carbocycles. The minimum atomic E-state index is -0.358. The van der Waals surface area contributed by atoms with Crippen LogP contribution in [0.15, 0.2) is 30.5 Å². The molecule has 6 rings (SSSR count). The van der Waals surface area contributed by atoms with Gasteiger partial charge in [0.05, 0.1) is 5.56 Å². The number of fused-ring (bicyclic) bond motifs is 1. The maximum Gasteiger partial charge on any atom is 0.253 e. The van der Waals surface area contributed by atoms with Crippen molar-refractivity contribution >= 4 is 22.7 Å². The normalized spacial score (nSPS) is 29.3. The third-order valence-electron chi connectivity index (χ3n) is 7.74. The van der Waals surface area contributed by atoms with Crippen molar-refractivity contribution in [1.29, 1.82) is 0 Å². The average Bonchev–Trinajstić information content (AvgIpc) is 3.12. The largest absolute Gasteiger partial charge is 0.349 e. The predicted molar refractivity (Wildman–Crippen MR) is 114 cm³/mol. The Morgan fingerprint density at radius 3 is 2.40 bits per heavy atom. The average molecular weight is 410 g/mol. The fraction of sp³-hybridized carbons (Fsp3) is 0.583. The van der Waals surface area contributed by atoms with Crippen molar-refractivity contribution in [1.82, 2.24) is 15.4 Å². The van der Waals surface area contributed by atoms with Crippen molar-refractivity contribution in [3.63, 3.8) is 0 Å². The van der Waals surface area contributed by atoms with Crippen molar-refractivity contribution < 1.29 is 14.8 Å². The van der Waals surface area contributed by atoms with E-state index in [0.717, 1.165) is 41.3 Å². The minimum absolute atomic E-state index is 0.0575. The Balaban J connectivity index is 1.30. The Bertz CT molecular complexity index is 922. The van der Waals surface area contributed by atoms with E-state index < -0.39 is 0 Å². The van der Waals surface area contributed by atoms with E-state index in [1.54, 1.807) is 5.48 Å². The summed E-state index contributed by atoms with van der Waals surface area (Å²) >= 11 is 0. The summed E-state index contributed by atoms with van der Waals surface area (Å²) in [5.74, 6) is 2.82. The van der Waals surface area contributed by atoms with E-state index in [0.29, 0.717) is 30.7 Å². The molecule has 4 fully saturated rings. The van der Waals surface area contributed by atoms with E-state index >= 15 is 0 Å². The Labute approximate surface area is 177 Å². The summed E-state index contributed by atoms with van der Waals surface area (Å²) < 4.78 is 2.12. The molecule has 1 aromatic heterocycles. The highest BCUT2D eigenvalue weighted by Crippen LogP contribution is 2.53.